The molecule has 1 aliphatic heterocycles. The molecule has 1 N–H and O–H groups in total. The van der Waals surface area contributed by atoms with E-state index in [0.29, 0.717) is 33.7 Å². The molecule has 0 fully saturated rings. The number of amides is 2. The molecule has 1 atom stereocenters. The summed E-state index contributed by atoms with van der Waals surface area (Å²) in [5.74, 6) is 1.70. The molecule has 5 rings (SSSR count). The third-order valence-electron chi connectivity index (χ3n) is 7.13. The van der Waals surface area contributed by atoms with Gasteiger partial charge in [0.2, 0.25) is 0 Å². The van der Waals surface area contributed by atoms with Crippen molar-refractivity contribution in [2.45, 2.75) is 38.5 Å². The number of aromatic nitrogens is 3. The number of nitrogens with one attached hydrogen (secondary N) is 1. The molecule has 2 aromatic heterocycles. The fraction of sp³-hybridized carbons (Fsp3) is 0.241. The Morgan fingerprint density at radius 1 is 1.17 bits per heavy atom. The van der Waals surface area contributed by atoms with E-state index in [4.69, 9.17) is 6.42 Å². The van der Waals surface area contributed by atoms with Crippen LogP contribution in [-0.2, 0) is 25.6 Å². The summed E-state index contributed by atoms with van der Waals surface area (Å²) >= 11 is 2.91. The highest BCUT2D eigenvalue weighted by molar-refractivity contribution is 9.10. The molecule has 12 heteroatoms. The Kier molecular flexibility index (Phi) is 7.25. The van der Waals surface area contributed by atoms with Gasteiger partial charge < -0.3 is 10.2 Å². The number of nitrogens with zero attached hydrogens (tertiary/aromatic N) is 4. The van der Waals surface area contributed by atoms with Gasteiger partial charge in [-0.05, 0) is 55.8 Å². The number of benzene rings is 2. The van der Waals surface area contributed by atoms with E-state index in [1.54, 1.807) is 41.9 Å². The summed E-state index contributed by atoms with van der Waals surface area (Å²) in [6.45, 7) is 1.69. The van der Waals surface area contributed by atoms with Crippen molar-refractivity contribution in [1.29, 1.82) is 0 Å². The minimum absolute atomic E-state index is 0.0495. The van der Waals surface area contributed by atoms with Crippen LogP contribution in [0.1, 0.15) is 50.0 Å². The van der Waals surface area contributed by atoms with E-state index >= 15 is 0 Å². The lowest BCUT2D eigenvalue weighted by Crippen LogP contribution is -2.46. The second-order valence-corrected chi connectivity index (χ2v) is 10.5. The average molecular weight is 626 g/mol. The molecule has 2 amide bonds. The van der Waals surface area contributed by atoms with E-state index in [1.807, 2.05) is 0 Å². The quantitative estimate of drug-likeness (QED) is 0.341. The van der Waals surface area contributed by atoms with Crippen LogP contribution in [0.5, 0.6) is 0 Å². The maximum absolute atomic E-state index is 14.0. The molecular weight excluding hydrogens is 603 g/mol. The van der Waals surface area contributed by atoms with Crippen LogP contribution in [-0.4, -0.2) is 44.0 Å². The van der Waals surface area contributed by atoms with Gasteiger partial charge in [0.15, 0.2) is 0 Å². The Hall–Kier alpha value is -4.37. The first-order valence-electron chi connectivity index (χ1n) is 12.5. The maximum atomic E-state index is 14.0. The predicted molar refractivity (Wildman–Crippen MR) is 149 cm³/mol. The van der Waals surface area contributed by atoms with Crippen LogP contribution in [0, 0.1) is 12.3 Å². The summed E-state index contributed by atoms with van der Waals surface area (Å²) in [5, 5.41) is 7.04. The first kappa shape index (κ1) is 28.2. The molecular formula is C29H23BrF3N5O3. The third kappa shape index (κ3) is 4.91. The largest absolute Gasteiger partial charge is 0.417 e. The van der Waals surface area contributed by atoms with Crippen LogP contribution >= 0.6 is 15.9 Å². The summed E-state index contributed by atoms with van der Waals surface area (Å²) in [6.07, 6.45) is 2.82. The zero-order valence-corrected chi connectivity index (χ0v) is 23.5. The van der Waals surface area contributed by atoms with Gasteiger partial charge in [0.05, 0.1) is 29.7 Å². The van der Waals surface area contributed by atoms with Gasteiger partial charge in [-0.25, -0.2) is 4.52 Å². The van der Waals surface area contributed by atoms with Gasteiger partial charge >= 0.3 is 6.18 Å². The van der Waals surface area contributed by atoms with Crippen LogP contribution in [0.25, 0.3) is 11.3 Å². The number of rotatable bonds is 4. The molecule has 2 aromatic carbocycles. The summed E-state index contributed by atoms with van der Waals surface area (Å²) in [4.78, 5) is 41.0. The smallest absolute Gasteiger partial charge is 0.355 e. The van der Waals surface area contributed by atoms with Crippen molar-refractivity contribution in [3.8, 4) is 18.0 Å². The molecule has 8 nitrogen and oxygen atoms in total. The van der Waals surface area contributed by atoms with E-state index < -0.39 is 23.7 Å². The molecule has 0 radical (unpaired) electrons. The van der Waals surface area contributed by atoms with Crippen LogP contribution in [0.3, 0.4) is 0 Å². The number of fused-ring (bicyclic) bond motifs is 3. The number of hydrogen-bond acceptors (Lipinski definition) is 4. The zero-order chi connectivity index (χ0) is 29.6. The first-order chi connectivity index (χ1) is 19.5. The second-order valence-electron chi connectivity index (χ2n) is 9.66. The van der Waals surface area contributed by atoms with E-state index in [2.05, 4.69) is 32.3 Å². The van der Waals surface area contributed by atoms with Gasteiger partial charge in [-0.2, -0.15) is 18.3 Å². The summed E-state index contributed by atoms with van der Waals surface area (Å²) in [7, 11) is 1.52. The van der Waals surface area contributed by atoms with Crippen molar-refractivity contribution in [2.75, 3.05) is 7.05 Å². The molecule has 0 bridgehead atoms. The van der Waals surface area contributed by atoms with Crippen molar-refractivity contribution >= 4 is 33.4 Å². The Morgan fingerprint density at radius 3 is 2.49 bits per heavy atom. The third-order valence-corrected chi connectivity index (χ3v) is 7.82. The monoisotopic (exact) mass is 625 g/mol. The van der Waals surface area contributed by atoms with Gasteiger partial charge in [0.1, 0.15) is 5.65 Å². The Labute approximate surface area is 240 Å². The molecule has 0 saturated heterocycles. The lowest BCUT2D eigenvalue weighted by atomic mass is 9.98. The topological polar surface area (TPSA) is 88.7 Å². The van der Waals surface area contributed by atoms with Crippen molar-refractivity contribution in [3.63, 3.8) is 0 Å². The fourth-order valence-electron chi connectivity index (χ4n) is 5.08. The fourth-order valence-corrected chi connectivity index (χ4v) is 5.55. The van der Waals surface area contributed by atoms with Gasteiger partial charge in [0.25, 0.3) is 17.4 Å². The predicted octanol–water partition coefficient (Wildman–Crippen LogP) is 4.39. The maximum Gasteiger partial charge on any atom is 0.417 e. The summed E-state index contributed by atoms with van der Waals surface area (Å²) in [6, 6.07) is 9.36. The van der Waals surface area contributed by atoms with Crippen molar-refractivity contribution in [3.05, 3.63) is 97.0 Å². The van der Waals surface area contributed by atoms with Gasteiger partial charge in [-0.1, -0.05) is 15.9 Å². The molecule has 3 heterocycles. The molecule has 1 aliphatic rings. The molecule has 0 spiro atoms. The van der Waals surface area contributed by atoms with Crippen LogP contribution in [0.4, 0.5) is 13.2 Å². The Morgan fingerprint density at radius 2 is 1.85 bits per heavy atom. The van der Waals surface area contributed by atoms with E-state index in [0.717, 1.165) is 6.07 Å². The SMILES string of the molecule is C#CCc1cnn2c3c(c(=O)n(-c4ccc(C(=O)NC)cc4)c12)C[C@@H](C)N(C(=O)c1ccc(Br)c(C(F)(F)F)c1)C3. The van der Waals surface area contributed by atoms with E-state index in [-0.39, 0.29) is 40.9 Å². The van der Waals surface area contributed by atoms with Crippen molar-refractivity contribution in [2.24, 2.45) is 0 Å². The highest BCUT2D eigenvalue weighted by atomic mass is 79.9. The highest BCUT2D eigenvalue weighted by Gasteiger charge is 2.36. The first-order valence-corrected chi connectivity index (χ1v) is 13.3. The summed E-state index contributed by atoms with van der Waals surface area (Å²) < 4.78 is 43.4. The van der Waals surface area contributed by atoms with Crippen molar-refractivity contribution < 1.29 is 22.8 Å². The minimum atomic E-state index is -4.65. The number of halogens is 4. The normalized spacial score (nSPS) is 15.0. The number of carbonyl (C=O) groups excluding carboxylic acids is 2. The van der Waals surface area contributed by atoms with Crippen molar-refractivity contribution in [1.82, 2.24) is 24.4 Å². The number of carbonyl (C=O) groups is 2. The molecule has 0 saturated carbocycles. The van der Waals surface area contributed by atoms with Crippen LogP contribution in [0.15, 0.2) is 57.9 Å². The number of hydrogen-bond donors (Lipinski definition) is 1. The number of terminal acetylenes is 1. The lowest BCUT2D eigenvalue weighted by molar-refractivity contribution is -0.138. The van der Waals surface area contributed by atoms with E-state index in [9.17, 15) is 27.6 Å². The zero-order valence-electron chi connectivity index (χ0n) is 21.9. The minimum Gasteiger partial charge on any atom is -0.355 e. The second kappa shape index (κ2) is 10.6. The van der Waals surface area contributed by atoms with E-state index in [1.165, 1.54) is 28.6 Å². The van der Waals surface area contributed by atoms with Gasteiger partial charge in [-0.3, -0.25) is 19.0 Å². The molecule has 41 heavy (non-hydrogen) atoms. The summed E-state index contributed by atoms with van der Waals surface area (Å²) in [5.41, 5.74) is 1.39. The van der Waals surface area contributed by atoms with Gasteiger partial charge in [-0.15, -0.1) is 12.3 Å². The standard InChI is InChI=1S/C29H23BrF3N5O3/c1-4-5-19-14-35-38-24-15-36(27(40)18-8-11-23(30)22(13-18)29(31,32)33)16(2)12-21(24)28(41)37(26(19)38)20-9-6-17(7-10-20)25(39)34-3/h1,6-11,13-14,16H,5,12,15H2,2-3H3,(H,34,39)/t16-/m1/s1. The molecule has 210 valence electrons. The average Bonchev–Trinajstić information content (AvgIpc) is 3.35. The van der Waals surface area contributed by atoms with Crippen LogP contribution in [0.2, 0.25) is 0 Å². The lowest BCUT2D eigenvalue weighted by Gasteiger charge is -2.35. The Balaban J connectivity index is 1.63. The van der Waals surface area contributed by atoms with Crippen LogP contribution < -0.4 is 10.9 Å². The van der Waals surface area contributed by atoms with Gasteiger partial charge in [0, 0.05) is 46.2 Å². The Bertz CT molecular complexity index is 1800. The molecule has 4 aromatic rings. The molecule has 0 aliphatic carbocycles. The highest BCUT2D eigenvalue weighted by Crippen LogP contribution is 2.36. The molecule has 0 unspecified atom stereocenters. The number of alkyl halides is 3.